The maximum absolute atomic E-state index is 10.7. The smallest absolute Gasteiger partial charge is 0.335 e. The van der Waals surface area contributed by atoms with Crippen molar-refractivity contribution in [3.8, 4) is 5.75 Å². The summed E-state index contributed by atoms with van der Waals surface area (Å²) in [5, 5.41) is 37.1. The molecule has 0 aromatic heterocycles. The van der Waals surface area contributed by atoms with Gasteiger partial charge in [0.15, 0.2) is 0 Å². The fraction of sp³-hybridized carbons (Fsp3) is 0.417. The summed E-state index contributed by atoms with van der Waals surface area (Å²) in [7, 11) is 0. The lowest BCUT2D eigenvalue weighted by molar-refractivity contribution is -0.242. The van der Waals surface area contributed by atoms with Crippen molar-refractivity contribution in [2.24, 2.45) is 0 Å². The molecule has 108 valence electrons. The van der Waals surface area contributed by atoms with Crippen molar-refractivity contribution in [1.29, 1.82) is 0 Å². The molecule has 20 heavy (non-hydrogen) atoms. The number of aromatic carboxylic acids is 1. The lowest BCUT2D eigenvalue weighted by Gasteiger charge is -2.34. The molecule has 1 saturated heterocycles. The third kappa shape index (κ3) is 3.81. The predicted molar refractivity (Wildman–Crippen MR) is 70.3 cm³/mol. The zero-order valence-corrected chi connectivity index (χ0v) is 9.84. The number of hydrogen-bond donors (Lipinski definition) is 4. The Morgan fingerprint density at radius 2 is 1.75 bits per heavy atom. The molecule has 1 aromatic carbocycles. The van der Waals surface area contributed by atoms with Crippen LogP contribution < -0.4 is 4.74 Å². The van der Waals surface area contributed by atoms with Crippen LogP contribution in [0.25, 0.3) is 0 Å². The highest BCUT2D eigenvalue weighted by molar-refractivity contribution is 5.87. The normalized spacial score (nSPS) is 29.4. The van der Waals surface area contributed by atoms with Crippen molar-refractivity contribution < 1.29 is 34.7 Å². The molecule has 1 fully saturated rings. The van der Waals surface area contributed by atoms with Gasteiger partial charge in [0.25, 0.3) is 0 Å². The zero-order valence-electron chi connectivity index (χ0n) is 9.84. The Bertz CT molecular complexity index is 450. The molecule has 4 atom stereocenters. The van der Waals surface area contributed by atoms with Crippen molar-refractivity contribution in [2.45, 2.75) is 24.6 Å². The SMILES string of the molecule is O=C(O)c1ccc(O[C@H]2OC[C@@H](O)[C@H](O)[C@H]2O)cc1.[MgH2]. The van der Waals surface area contributed by atoms with Gasteiger partial charge in [-0.15, -0.1) is 0 Å². The second-order valence-electron chi connectivity index (χ2n) is 4.20. The van der Waals surface area contributed by atoms with Gasteiger partial charge >= 0.3 is 29.0 Å². The molecule has 2 rings (SSSR count). The van der Waals surface area contributed by atoms with Crippen LogP contribution in [0, 0.1) is 0 Å². The van der Waals surface area contributed by atoms with E-state index in [1.165, 1.54) is 24.3 Å². The summed E-state index contributed by atoms with van der Waals surface area (Å²) in [5.41, 5.74) is 0.105. The molecule has 1 aliphatic heterocycles. The molecule has 0 unspecified atom stereocenters. The van der Waals surface area contributed by atoms with Crippen LogP contribution in [0.15, 0.2) is 24.3 Å². The number of carboxylic acid groups (broad SMARTS) is 1. The van der Waals surface area contributed by atoms with E-state index in [1.54, 1.807) is 0 Å². The molecular formula is C12H16MgO7. The second kappa shape index (κ2) is 7.20. The maximum atomic E-state index is 10.7. The molecule has 0 bridgehead atoms. The minimum absolute atomic E-state index is 0. The monoisotopic (exact) mass is 296 g/mol. The number of rotatable bonds is 3. The van der Waals surface area contributed by atoms with Gasteiger partial charge in [0, 0.05) is 0 Å². The molecule has 7 nitrogen and oxygen atoms in total. The van der Waals surface area contributed by atoms with Crippen LogP contribution >= 0.6 is 0 Å². The third-order valence-electron chi connectivity index (χ3n) is 2.81. The Morgan fingerprint density at radius 1 is 1.15 bits per heavy atom. The van der Waals surface area contributed by atoms with E-state index in [-0.39, 0.29) is 41.0 Å². The Hall–Kier alpha value is -0.904. The summed E-state index contributed by atoms with van der Waals surface area (Å²) in [5.74, 6) is -0.767. The molecule has 4 N–H and O–H groups in total. The summed E-state index contributed by atoms with van der Waals surface area (Å²) < 4.78 is 10.3. The van der Waals surface area contributed by atoms with Gasteiger partial charge in [-0.05, 0) is 24.3 Å². The van der Waals surface area contributed by atoms with E-state index in [4.69, 9.17) is 14.6 Å². The van der Waals surface area contributed by atoms with Crippen molar-refractivity contribution in [1.82, 2.24) is 0 Å². The first-order valence-electron chi connectivity index (χ1n) is 5.65. The van der Waals surface area contributed by atoms with Crippen LogP contribution in [0.2, 0.25) is 0 Å². The van der Waals surface area contributed by atoms with Crippen LogP contribution in [0.1, 0.15) is 10.4 Å². The van der Waals surface area contributed by atoms with Crippen molar-refractivity contribution in [2.75, 3.05) is 6.61 Å². The Labute approximate surface area is 130 Å². The average molecular weight is 297 g/mol. The van der Waals surface area contributed by atoms with E-state index < -0.39 is 30.6 Å². The molecule has 1 aliphatic rings. The molecule has 0 aliphatic carbocycles. The lowest BCUT2D eigenvalue weighted by atomic mass is 10.1. The number of aliphatic hydroxyl groups excluding tert-OH is 3. The largest absolute Gasteiger partial charge is 0.478 e. The van der Waals surface area contributed by atoms with Crippen molar-refractivity contribution >= 4 is 29.0 Å². The third-order valence-corrected chi connectivity index (χ3v) is 2.81. The molecule has 1 heterocycles. The maximum Gasteiger partial charge on any atom is 0.335 e. The van der Waals surface area contributed by atoms with Gasteiger partial charge in [0.1, 0.15) is 24.1 Å². The first-order chi connectivity index (χ1) is 8.99. The topological polar surface area (TPSA) is 116 Å². The van der Waals surface area contributed by atoms with Crippen LogP contribution in [-0.2, 0) is 4.74 Å². The van der Waals surface area contributed by atoms with Gasteiger partial charge < -0.3 is 29.9 Å². The number of carbonyl (C=O) groups is 1. The summed E-state index contributed by atoms with van der Waals surface area (Å²) in [4.78, 5) is 10.7. The fourth-order valence-electron chi connectivity index (χ4n) is 1.69. The summed E-state index contributed by atoms with van der Waals surface area (Å²) in [6, 6.07) is 5.52. The Kier molecular flexibility index (Phi) is 6.18. The number of aliphatic hydroxyl groups is 3. The Balaban J connectivity index is 0.00000200. The summed E-state index contributed by atoms with van der Waals surface area (Å²) >= 11 is 0. The van der Waals surface area contributed by atoms with E-state index in [1.807, 2.05) is 0 Å². The van der Waals surface area contributed by atoms with Crippen molar-refractivity contribution in [3.05, 3.63) is 29.8 Å². The molecule has 0 radical (unpaired) electrons. The first kappa shape index (κ1) is 17.1. The van der Waals surface area contributed by atoms with E-state index in [0.29, 0.717) is 0 Å². The number of carboxylic acids is 1. The highest BCUT2D eigenvalue weighted by Crippen LogP contribution is 2.21. The fourth-order valence-corrected chi connectivity index (χ4v) is 1.69. The van der Waals surface area contributed by atoms with Gasteiger partial charge in [-0.25, -0.2) is 4.79 Å². The van der Waals surface area contributed by atoms with Crippen LogP contribution in [0.4, 0.5) is 0 Å². The van der Waals surface area contributed by atoms with Crippen LogP contribution in [0.5, 0.6) is 5.75 Å². The van der Waals surface area contributed by atoms with Crippen LogP contribution in [-0.4, -0.2) is 80.7 Å². The number of benzene rings is 1. The number of ether oxygens (including phenoxy) is 2. The van der Waals surface area contributed by atoms with Gasteiger partial charge in [0.05, 0.1) is 12.2 Å². The number of hydrogen-bond acceptors (Lipinski definition) is 6. The zero-order chi connectivity index (χ0) is 14.0. The van der Waals surface area contributed by atoms with E-state index >= 15 is 0 Å². The molecule has 0 amide bonds. The Morgan fingerprint density at radius 3 is 2.30 bits per heavy atom. The molecule has 0 saturated carbocycles. The molecular weight excluding hydrogens is 280 g/mol. The summed E-state index contributed by atoms with van der Waals surface area (Å²) in [6.07, 6.45) is -5.02. The van der Waals surface area contributed by atoms with Gasteiger partial charge in [0.2, 0.25) is 6.29 Å². The van der Waals surface area contributed by atoms with E-state index in [0.717, 1.165) is 0 Å². The minimum Gasteiger partial charge on any atom is -0.478 e. The van der Waals surface area contributed by atoms with Crippen LogP contribution in [0.3, 0.4) is 0 Å². The minimum atomic E-state index is -1.39. The second-order valence-corrected chi connectivity index (χ2v) is 4.20. The van der Waals surface area contributed by atoms with E-state index in [2.05, 4.69) is 0 Å². The van der Waals surface area contributed by atoms with Gasteiger partial charge in [-0.1, -0.05) is 0 Å². The predicted octanol–water partition coefficient (Wildman–Crippen LogP) is -1.71. The average Bonchev–Trinajstić information content (AvgIpc) is 2.40. The first-order valence-corrected chi connectivity index (χ1v) is 5.65. The van der Waals surface area contributed by atoms with Gasteiger partial charge in [-0.3, -0.25) is 0 Å². The standard InChI is InChI=1S/C12H14O7.Mg.2H/c13-8-5-18-12(10(15)9(8)14)19-7-3-1-6(2-4-7)11(16)17;;;/h1-4,8-10,12-15H,5H2,(H,16,17);;;/t8-,9+,10-,12-;;;/m1.../s1. The summed E-state index contributed by atoms with van der Waals surface area (Å²) in [6.45, 7) is -0.157. The highest BCUT2D eigenvalue weighted by atomic mass is 24.3. The lowest BCUT2D eigenvalue weighted by Crippen LogP contribution is -2.54. The molecule has 0 spiro atoms. The quantitative estimate of drug-likeness (QED) is 0.491. The highest BCUT2D eigenvalue weighted by Gasteiger charge is 2.38. The van der Waals surface area contributed by atoms with Gasteiger partial charge in [-0.2, -0.15) is 0 Å². The van der Waals surface area contributed by atoms with E-state index in [9.17, 15) is 20.1 Å². The molecule has 8 heteroatoms. The van der Waals surface area contributed by atoms with Crippen molar-refractivity contribution in [3.63, 3.8) is 0 Å². The molecule has 1 aromatic rings.